The lowest BCUT2D eigenvalue weighted by Gasteiger charge is -2.35. The number of aliphatic imine (C=N–C) groups is 1. The number of fused-ring (bicyclic) bond motifs is 1. The quantitative estimate of drug-likeness (QED) is 0.778. The van der Waals surface area contributed by atoms with E-state index in [0.29, 0.717) is 17.7 Å². The second kappa shape index (κ2) is 6.95. The van der Waals surface area contributed by atoms with Crippen LogP contribution in [0.15, 0.2) is 40.5 Å². The fraction of sp³-hybridized carbons (Fsp3) is 0.476. The molecule has 1 unspecified atom stereocenters. The second-order valence-electron chi connectivity index (χ2n) is 7.24. The maximum Gasteiger partial charge on any atom is 0.336 e. The van der Waals surface area contributed by atoms with Gasteiger partial charge in [0.25, 0.3) is 0 Å². The predicted octanol–water partition coefficient (Wildman–Crippen LogP) is 4.13. The highest BCUT2D eigenvalue weighted by molar-refractivity contribution is 6.11. The smallest absolute Gasteiger partial charge is 0.336 e. The minimum atomic E-state index is -0.362. The van der Waals surface area contributed by atoms with Crippen LogP contribution in [0.1, 0.15) is 57.1 Å². The number of benzene rings is 1. The Bertz CT molecular complexity index is 756. The number of ether oxygens (including phenoxy) is 1. The summed E-state index contributed by atoms with van der Waals surface area (Å²) in [5.74, 6) is -0.820. The molecule has 0 bridgehead atoms. The van der Waals surface area contributed by atoms with E-state index >= 15 is 0 Å². The Hall–Kier alpha value is -2.23. The van der Waals surface area contributed by atoms with Crippen LogP contribution in [0.2, 0.25) is 0 Å². The van der Waals surface area contributed by atoms with Gasteiger partial charge >= 0.3 is 5.97 Å². The van der Waals surface area contributed by atoms with Gasteiger partial charge in [-0.25, -0.2) is 4.79 Å². The average Bonchev–Trinajstić information content (AvgIpc) is 2.53. The van der Waals surface area contributed by atoms with Gasteiger partial charge in [-0.05, 0) is 46.1 Å². The van der Waals surface area contributed by atoms with Crippen molar-refractivity contribution in [3.05, 3.63) is 46.7 Å². The van der Waals surface area contributed by atoms with E-state index in [1.807, 2.05) is 52.0 Å². The largest absolute Gasteiger partial charge is 0.460 e. The highest BCUT2D eigenvalue weighted by atomic mass is 16.5. The molecule has 1 saturated carbocycles. The van der Waals surface area contributed by atoms with Gasteiger partial charge in [-0.1, -0.05) is 29.8 Å². The highest BCUT2D eigenvalue weighted by Gasteiger charge is 2.43. The van der Waals surface area contributed by atoms with Crippen molar-refractivity contribution in [2.24, 2.45) is 10.9 Å². The van der Waals surface area contributed by atoms with E-state index < -0.39 is 0 Å². The van der Waals surface area contributed by atoms with Crippen molar-refractivity contribution >= 4 is 17.5 Å². The SMILES string of the molecule is CC1=C(C(=O)OC(C)C)[C@H](c2ccc(C)cc2)C2C(=O)CCCC2=N1. The lowest BCUT2D eigenvalue weighted by molar-refractivity contribution is -0.143. The predicted molar refractivity (Wildman–Crippen MR) is 97.6 cm³/mol. The zero-order valence-corrected chi connectivity index (χ0v) is 15.3. The van der Waals surface area contributed by atoms with Crippen molar-refractivity contribution in [3.63, 3.8) is 0 Å². The summed E-state index contributed by atoms with van der Waals surface area (Å²) in [6.45, 7) is 7.54. The fourth-order valence-corrected chi connectivity index (χ4v) is 3.80. The van der Waals surface area contributed by atoms with Crippen LogP contribution < -0.4 is 0 Å². The molecule has 25 heavy (non-hydrogen) atoms. The third kappa shape index (κ3) is 3.44. The Labute approximate surface area is 149 Å². The van der Waals surface area contributed by atoms with Crippen LogP contribution in [0.25, 0.3) is 0 Å². The number of allylic oxidation sites excluding steroid dienone is 1. The summed E-state index contributed by atoms with van der Waals surface area (Å²) in [7, 11) is 0. The third-order valence-electron chi connectivity index (χ3n) is 4.91. The maximum absolute atomic E-state index is 12.8. The Kier molecular flexibility index (Phi) is 4.89. The first-order chi connectivity index (χ1) is 11.9. The molecule has 0 amide bonds. The standard InChI is InChI=1S/C21H25NO3/c1-12(2)25-21(24)18-14(4)22-16-6-5-7-17(23)20(16)19(18)15-10-8-13(3)9-11-15/h8-12,19-20H,5-7H2,1-4H3/t19-,20?/m0/s1. The van der Waals surface area contributed by atoms with Gasteiger partial charge in [0.15, 0.2) is 0 Å². The molecule has 3 rings (SSSR count). The zero-order chi connectivity index (χ0) is 18.1. The van der Waals surface area contributed by atoms with Crippen LogP contribution in [0, 0.1) is 12.8 Å². The Morgan fingerprint density at radius 2 is 1.80 bits per heavy atom. The first-order valence-electron chi connectivity index (χ1n) is 8.97. The van der Waals surface area contributed by atoms with Gasteiger partial charge in [0, 0.05) is 23.7 Å². The summed E-state index contributed by atoms with van der Waals surface area (Å²) in [5, 5.41) is 0. The molecule has 1 aromatic carbocycles. The van der Waals surface area contributed by atoms with Crippen molar-refractivity contribution < 1.29 is 14.3 Å². The Balaban J connectivity index is 2.12. The molecule has 4 heteroatoms. The number of hydrogen-bond acceptors (Lipinski definition) is 4. The number of rotatable bonds is 3. The number of ketones is 1. The molecule has 1 heterocycles. The molecule has 1 aliphatic carbocycles. The summed E-state index contributed by atoms with van der Waals surface area (Å²) < 4.78 is 5.47. The van der Waals surface area contributed by atoms with Gasteiger partial charge in [0.2, 0.25) is 0 Å². The van der Waals surface area contributed by atoms with Crippen molar-refractivity contribution in [1.82, 2.24) is 0 Å². The highest BCUT2D eigenvalue weighted by Crippen LogP contribution is 2.43. The molecule has 4 nitrogen and oxygen atoms in total. The van der Waals surface area contributed by atoms with Crippen LogP contribution in [-0.2, 0) is 14.3 Å². The number of nitrogens with zero attached hydrogens (tertiary/aromatic N) is 1. The monoisotopic (exact) mass is 339 g/mol. The molecule has 0 spiro atoms. The molecule has 1 aromatic rings. The zero-order valence-electron chi connectivity index (χ0n) is 15.3. The minimum Gasteiger partial charge on any atom is -0.460 e. The number of esters is 1. The first-order valence-corrected chi connectivity index (χ1v) is 8.97. The molecule has 0 aromatic heterocycles. The normalized spacial score (nSPS) is 23.4. The second-order valence-corrected chi connectivity index (χ2v) is 7.24. The van der Waals surface area contributed by atoms with E-state index in [-0.39, 0.29) is 29.7 Å². The minimum absolute atomic E-state index is 0.179. The summed E-state index contributed by atoms with van der Waals surface area (Å²) in [6, 6.07) is 8.07. The van der Waals surface area contributed by atoms with Crippen LogP contribution in [0.4, 0.5) is 0 Å². The summed E-state index contributed by atoms with van der Waals surface area (Å²) >= 11 is 0. The van der Waals surface area contributed by atoms with Crippen LogP contribution in [0.3, 0.4) is 0 Å². The summed E-state index contributed by atoms with van der Waals surface area (Å²) in [5.41, 5.74) is 4.25. The molecule has 0 saturated heterocycles. The van der Waals surface area contributed by atoms with Crippen LogP contribution in [0.5, 0.6) is 0 Å². The molecule has 1 fully saturated rings. The van der Waals surface area contributed by atoms with E-state index in [0.717, 1.165) is 29.7 Å². The molecule has 1 aliphatic heterocycles. The molecular formula is C21H25NO3. The lowest BCUT2D eigenvalue weighted by atomic mass is 9.69. The van der Waals surface area contributed by atoms with Crippen molar-refractivity contribution in [1.29, 1.82) is 0 Å². The Morgan fingerprint density at radius 3 is 2.44 bits per heavy atom. The van der Waals surface area contributed by atoms with E-state index in [9.17, 15) is 9.59 Å². The molecule has 0 radical (unpaired) electrons. The van der Waals surface area contributed by atoms with Gasteiger partial charge in [0.05, 0.1) is 17.6 Å². The topological polar surface area (TPSA) is 55.7 Å². The van der Waals surface area contributed by atoms with Crippen molar-refractivity contribution in [2.75, 3.05) is 0 Å². The number of carbonyl (C=O) groups is 2. The van der Waals surface area contributed by atoms with Crippen LogP contribution in [-0.4, -0.2) is 23.6 Å². The van der Waals surface area contributed by atoms with E-state index in [4.69, 9.17) is 4.74 Å². The molecule has 0 N–H and O–H groups in total. The Morgan fingerprint density at radius 1 is 1.12 bits per heavy atom. The van der Waals surface area contributed by atoms with Crippen molar-refractivity contribution in [2.45, 2.75) is 59.0 Å². The van der Waals surface area contributed by atoms with Gasteiger partial charge in [-0.15, -0.1) is 0 Å². The average molecular weight is 339 g/mol. The van der Waals surface area contributed by atoms with E-state index in [1.54, 1.807) is 0 Å². The molecule has 132 valence electrons. The summed E-state index contributed by atoms with van der Waals surface area (Å²) in [6.07, 6.45) is 2.01. The molecule has 2 atom stereocenters. The van der Waals surface area contributed by atoms with Crippen LogP contribution >= 0.6 is 0 Å². The van der Waals surface area contributed by atoms with Gasteiger partial charge in [-0.2, -0.15) is 0 Å². The van der Waals surface area contributed by atoms with E-state index in [2.05, 4.69) is 4.99 Å². The maximum atomic E-state index is 12.8. The fourth-order valence-electron chi connectivity index (χ4n) is 3.80. The number of Topliss-reactive ketones (excluding diaryl/α,β-unsaturated/α-hetero) is 1. The molecular weight excluding hydrogens is 314 g/mol. The number of aryl methyl sites for hydroxylation is 1. The third-order valence-corrected chi connectivity index (χ3v) is 4.91. The lowest BCUT2D eigenvalue weighted by Crippen LogP contribution is -2.39. The number of carbonyl (C=O) groups excluding carboxylic acids is 2. The van der Waals surface area contributed by atoms with Gasteiger partial charge < -0.3 is 4.74 Å². The van der Waals surface area contributed by atoms with E-state index in [1.165, 1.54) is 0 Å². The first kappa shape index (κ1) is 17.6. The van der Waals surface area contributed by atoms with Gasteiger partial charge in [-0.3, -0.25) is 9.79 Å². The van der Waals surface area contributed by atoms with Gasteiger partial charge in [0.1, 0.15) is 5.78 Å². The summed E-state index contributed by atoms with van der Waals surface area (Å²) in [4.78, 5) is 30.1. The van der Waals surface area contributed by atoms with Crippen molar-refractivity contribution in [3.8, 4) is 0 Å². The number of hydrogen-bond donors (Lipinski definition) is 0. The molecule has 2 aliphatic rings.